The first-order valence-electron chi connectivity index (χ1n) is 7.96. The highest BCUT2D eigenvalue weighted by atomic mass is 16.5. The lowest BCUT2D eigenvalue weighted by molar-refractivity contribution is -0.115. The largest absolute Gasteiger partial charge is 0.497 e. The van der Waals surface area contributed by atoms with E-state index in [-0.39, 0.29) is 12.5 Å². The second-order valence-corrected chi connectivity index (χ2v) is 5.57. The van der Waals surface area contributed by atoms with Crippen LogP contribution in [0.3, 0.4) is 0 Å². The van der Waals surface area contributed by atoms with Crippen molar-refractivity contribution in [2.45, 2.75) is 6.42 Å². The maximum absolute atomic E-state index is 12.0. The number of anilines is 1. The lowest BCUT2D eigenvalue weighted by Gasteiger charge is -2.08. The van der Waals surface area contributed by atoms with E-state index in [1.54, 1.807) is 13.2 Å². The molecule has 1 aromatic heterocycles. The van der Waals surface area contributed by atoms with Gasteiger partial charge in [0, 0.05) is 28.9 Å². The van der Waals surface area contributed by atoms with Crippen LogP contribution in [0.4, 0.5) is 5.69 Å². The lowest BCUT2D eigenvalue weighted by Crippen LogP contribution is -2.29. The minimum absolute atomic E-state index is 0.0674. The van der Waals surface area contributed by atoms with Crippen molar-refractivity contribution in [3.63, 3.8) is 0 Å². The summed E-state index contributed by atoms with van der Waals surface area (Å²) >= 11 is 0. The fourth-order valence-corrected chi connectivity index (χ4v) is 2.67. The van der Waals surface area contributed by atoms with Crippen LogP contribution in [-0.4, -0.2) is 31.1 Å². The number of hydrogen-bond donors (Lipinski definition) is 3. The molecule has 0 aliphatic rings. The van der Waals surface area contributed by atoms with Crippen molar-refractivity contribution in [2.24, 2.45) is 0 Å². The van der Waals surface area contributed by atoms with Gasteiger partial charge in [0.2, 0.25) is 5.91 Å². The molecule has 1 heterocycles. The third-order valence-electron chi connectivity index (χ3n) is 3.89. The zero-order valence-corrected chi connectivity index (χ0v) is 13.6. The van der Waals surface area contributed by atoms with Gasteiger partial charge in [0.25, 0.3) is 0 Å². The SMILES string of the molecule is COc1cccc(NC(=O)CNCCc2c[nH]c3ccccc23)c1. The number of H-pyrrole nitrogens is 1. The molecule has 3 rings (SSSR count). The van der Waals surface area contributed by atoms with Gasteiger partial charge < -0.3 is 20.4 Å². The number of amides is 1. The van der Waals surface area contributed by atoms with Crippen molar-refractivity contribution < 1.29 is 9.53 Å². The molecule has 0 aliphatic carbocycles. The van der Waals surface area contributed by atoms with E-state index in [9.17, 15) is 4.79 Å². The Morgan fingerprint density at radius 2 is 2.04 bits per heavy atom. The molecule has 1 amide bonds. The summed E-state index contributed by atoms with van der Waals surface area (Å²) in [5, 5.41) is 7.27. The van der Waals surface area contributed by atoms with Crippen LogP contribution in [0.2, 0.25) is 0 Å². The summed E-state index contributed by atoms with van der Waals surface area (Å²) in [5.74, 6) is 0.655. The fourth-order valence-electron chi connectivity index (χ4n) is 2.67. The number of aromatic nitrogens is 1. The number of hydrogen-bond acceptors (Lipinski definition) is 3. The maximum atomic E-state index is 12.0. The van der Waals surface area contributed by atoms with E-state index in [0.717, 1.165) is 29.9 Å². The van der Waals surface area contributed by atoms with Crippen molar-refractivity contribution in [1.29, 1.82) is 0 Å². The summed E-state index contributed by atoms with van der Waals surface area (Å²) in [6, 6.07) is 15.5. The van der Waals surface area contributed by atoms with Crippen LogP contribution in [0.25, 0.3) is 10.9 Å². The normalized spacial score (nSPS) is 10.7. The minimum Gasteiger partial charge on any atom is -0.497 e. The standard InChI is InChI=1S/C19H21N3O2/c1-24-16-6-4-5-15(11-16)22-19(23)13-20-10-9-14-12-21-18-8-3-2-7-17(14)18/h2-8,11-12,20-21H,9-10,13H2,1H3,(H,22,23). The molecule has 0 unspecified atom stereocenters. The third-order valence-corrected chi connectivity index (χ3v) is 3.89. The fraction of sp³-hybridized carbons (Fsp3) is 0.211. The molecule has 0 bridgehead atoms. The van der Waals surface area contributed by atoms with Gasteiger partial charge in [0.1, 0.15) is 5.75 Å². The molecule has 3 N–H and O–H groups in total. The number of rotatable bonds is 7. The Labute approximate surface area is 141 Å². The zero-order valence-electron chi connectivity index (χ0n) is 13.6. The minimum atomic E-state index is -0.0674. The van der Waals surface area contributed by atoms with E-state index in [1.165, 1.54) is 10.9 Å². The number of benzene rings is 2. The average molecular weight is 323 g/mol. The number of ether oxygens (including phenoxy) is 1. The van der Waals surface area contributed by atoms with Crippen molar-refractivity contribution >= 4 is 22.5 Å². The Morgan fingerprint density at radius 3 is 2.92 bits per heavy atom. The van der Waals surface area contributed by atoms with E-state index >= 15 is 0 Å². The second kappa shape index (κ2) is 7.66. The molecule has 0 atom stereocenters. The quantitative estimate of drug-likeness (QED) is 0.586. The first-order valence-corrected chi connectivity index (χ1v) is 7.96. The first-order chi connectivity index (χ1) is 11.8. The predicted molar refractivity (Wildman–Crippen MR) is 96.5 cm³/mol. The van der Waals surface area contributed by atoms with Crippen molar-refractivity contribution in [1.82, 2.24) is 10.3 Å². The molecule has 5 nitrogen and oxygen atoms in total. The van der Waals surface area contributed by atoms with Crippen LogP contribution in [0, 0.1) is 0 Å². The van der Waals surface area contributed by atoms with Gasteiger partial charge in [-0.2, -0.15) is 0 Å². The highest BCUT2D eigenvalue weighted by Gasteiger charge is 2.05. The zero-order chi connectivity index (χ0) is 16.8. The summed E-state index contributed by atoms with van der Waals surface area (Å²) in [7, 11) is 1.60. The van der Waals surface area contributed by atoms with E-state index in [1.807, 2.05) is 36.5 Å². The van der Waals surface area contributed by atoms with Gasteiger partial charge in [0.15, 0.2) is 0 Å². The summed E-state index contributed by atoms with van der Waals surface area (Å²) in [6.07, 6.45) is 2.90. The van der Waals surface area contributed by atoms with Crippen LogP contribution >= 0.6 is 0 Å². The Bertz CT molecular complexity index is 826. The molecular weight excluding hydrogens is 302 g/mol. The summed E-state index contributed by atoms with van der Waals surface area (Å²) < 4.78 is 5.14. The van der Waals surface area contributed by atoms with Crippen LogP contribution in [0.5, 0.6) is 5.75 Å². The van der Waals surface area contributed by atoms with Gasteiger partial charge in [-0.3, -0.25) is 4.79 Å². The monoisotopic (exact) mass is 323 g/mol. The number of carbonyl (C=O) groups excluding carboxylic acids is 1. The first kappa shape index (κ1) is 16.1. The summed E-state index contributed by atoms with van der Waals surface area (Å²) in [5.41, 5.74) is 3.13. The number of para-hydroxylation sites is 1. The van der Waals surface area contributed by atoms with Crippen molar-refractivity contribution in [2.75, 3.05) is 25.5 Å². The number of aromatic amines is 1. The number of fused-ring (bicyclic) bond motifs is 1. The highest BCUT2D eigenvalue weighted by molar-refractivity contribution is 5.92. The molecule has 124 valence electrons. The van der Waals surface area contributed by atoms with Crippen LogP contribution < -0.4 is 15.4 Å². The van der Waals surface area contributed by atoms with Gasteiger partial charge in [-0.1, -0.05) is 24.3 Å². The van der Waals surface area contributed by atoms with Gasteiger partial charge in [0.05, 0.1) is 13.7 Å². The summed E-state index contributed by atoms with van der Waals surface area (Å²) in [4.78, 5) is 15.2. The second-order valence-electron chi connectivity index (χ2n) is 5.57. The van der Waals surface area contributed by atoms with Crippen LogP contribution in [0.1, 0.15) is 5.56 Å². The van der Waals surface area contributed by atoms with E-state index in [2.05, 4.69) is 27.8 Å². The van der Waals surface area contributed by atoms with E-state index in [4.69, 9.17) is 4.74 Å². The van der Waals surface area contributed by atoms with E-state index < -0.39 is 0 Å². The molecule has 0 saturated carbocycles. The molecule has 0 aliphatic heterocycles. The third kappa shape index (κ3) is 3.94. The van der Waals surface area contributed by atoms with Crippen LogP contribution in [0.15, 0.2) is 54.7 Å². The molecular formula is C19H21N3O2. The number of methoxy groups -OCH3 is 1. The molecule has 3 aromatic rings. The van der Waals surface area contributed by atoms with E-state index in [0.29, 0.717) is 0 Å². The molecule has 0 saturated heterocycles. The predicted octanol–water partition coefficient (Wildman–Crippen LogP) is 2.95. The molecule has 0 fully saturated rings. The molecule has 0 spiro atoms. The number of nitrogens with one attached hydrogen (secondary N) is 3. The van der Waals surface area contributed by atoms with Gasteiger partial charge in [-0.05, 0) is 36.7 Å². The Hall–Kier alpha value is -2.79. The molecule has 5 heteroatoms. The number of carbonyl (C=O) groups is 1. The van der Waals surface area contributed by atoms with Gasteiger partial charge in [-0.25, -0.2) is 0 Å². The summed E-state index contributed by atoms with van der Waals surface area (Å²) in [6.45, 7) is 1.02. The smallest absolute Gasteiger partial charge is 0.238 e. The van der Waals surface area contributed by atoms with Gasteiger partial charge in [-0.15, -0.1) is 0 Å². The van der Waals surface area contributed by atoms with Crippen molar-refractivity contribution in [3.05, 3.63) is 60.3 Å². The molecule has 2 aromatic carbocycles. The topological polar surface area (TPSA) is 66.2 Å². The Kier molecular flexibility index (Phi) is 5.13. The highest BCUT2D eigenvalue weighted by Crippen LogP contribution is 2.18. The molecule has 24 heavy (non-hydrogen) atoms. The van der Waals surface area contributed by atoms with Gasteiger partial charge >= 0.3 is 0 Å². The average Bonchev–Trinajstić information content (AvgIpc) is 3.02. The Morgan fingerprint density at radius 1 is 1.17 bits per heavy atom. The van der Waals surface area contributed by atoms with Crippen LogP contribution in [-0.2, 0) is 11.2 Å². The maximum Gasteiger partial charge on any atom is 0.238 e. The lowest BCUT2D eigenvalue weighted by atomic mass is 10.1. The molecule has 0 radical (unpaired) electrons. The Balaban J connectivity index is 1.45. The van der Waals surface area contributed by atoms with Crippen molar-refractivity contribution in [3.8, 4) is 5.75 Å².